The molecular weight excluding hydrogens is 368 g/mol. The van der Waals surface area contributed by atoms with Gasteiger partial charge >= 0.3 is 5.97 Å². The van der Waals surface area contributed by atoms with E-state index in [4.69, 9.17) is 9.47 Å². The van der Waals surface area contributed by atoms with Crippen LogP contribution in [0.5, 0.6) is 0 Å². The first-order chi connectivity index (χ1) is 13.8. The molecule has 1 aromatic heterocycles. The van der Waals surface area contributed by atoms with Crippen molar-refractivity contribution in [2.45, 2.75) is 59.5 Å². The Bertz CT molecular complexity index is 865. The van der Waals surface area contributed by atoms with Crippen molar-refractivity contribution in [1.29, 1.82) is 0 Å². The molecule has 1 aliphatic rings. The Morgan fingerprint density at radius 1 is 1.14 bits per heavy atom. The van der Waals surface area contributed by atoms with Gasteiger partial charge in [0.05, 0.1) is 17.8 Å². The Balaban J connectivity index is 1.69. The van der Waals surface area contributed by atoms with Gasteiger partial charge in [-0.3, -0.25) is 4.79 Å². The quantitative estimate of drug-likeness (QED) is 0.725. The summed E-state index contributed by atoms with van der Waals surface area (Å²) in [6.45, 7) is 11.1. The Labute approximate surface area is 172 Å². The van der Waals surface area contributed by atoms with E-state index in [2.05, 4.69) is 16.7 Å². The van der Waals surface area contributed by atoms with Gasteiger partial charge in [-0.15, -0.1) is 0 Å². The van der Waals surface area contributed by atoms with Crippen LogP contribution in [-0.4, -0.2) is 52.7 Å². The fourth-order valence-electron chi connectivity index (χ4n) is 3.91. The van der Waals surface area contributed by atoms with Crippen LogP contribution in [0, 0.1) is 13.8 Å². The molecule has 0 saturated carbocycles. The predicted molar refractivity (Wildman–Crippen MR) is 111 cm³/mol. The third-order valence-electron chi connectivity index (χ3n) is 5.34. The van der Waals surface area contributed by atoms with Gasteiger partial charge in [-0.2, -0.15) is 0 Å². The van der Waals surface area contributed by atoms with E-state index in [1.54, 1.807) is 11.8 Å². The van der Waals surface area contributed by atoms with Crippen LogP contribution in [0.2, 0.25) is 0 Å². The fourth-order valence-corrected chi connectivity index (χ4v) is 3.91. The van der Waals surface area contributed by atoms with Crippen molar-refractivity contribution < 1.29 is 19.1 Å². The summed E-state index contributed by atoms with van der Waals surface area (Å²) in [5.74, 6) is -0.647. The van der Waals surface area contributed by atoms with E-state index in [0.717, 1.165) is 17.0 Å². The van der Waals surface area contributed by atoms with Crippen LogP contribution in [0.25, 0.3) is 0 Å². The average molecular weight is 399 g/mol. The fraction of sp³-hybridized carbons (Fsp3) is 0.478. The van der Waals surface area contributed by atoms with Gasteiger partial charge in [-0.25, -0.2) is 4.79 Å². The second-order valence-corrected chi connectivity index (χ2v) is 7.90. The number of esters is 1. The van der Waals surface area contributed by atoms with Gasteiger partial charge < -0.3 is 18.9 Å². The maximum Gasteiger partial charge on any atom is 0.340 e. The smallest absolute Gasteiger partial charge is 0.340 e. The highest BCUT2D eigenvalue weighted by Crippen LogP contribution is 2.20. The Hall–Kier alpha value is -2.60. The molecule has 2 aromatic rings. The van der Waals surface area contributed by atoms with Gasteiger partial charge in [0.1, 0.15) is 0 Å². The molecule has 0 aliphatic carbocycles. The number of aromatic nitrogens is 1. The zero-order valence-corrected chi connectivity index (χ0v) is 17.8. The lowest BCUT2D eigenvalue weighted by Crippen LogP contribution is -2.51. The molecule has 6 nitrogen and oxygen atoms in total. The summed E-state index contributed by atoms with van der Waals surface area (Å²) in [4.78, 5) is 27.2. The molecule has 156 valence electrons. The van der Waals surface area contributed by atoms with E-state index >= 15 is 0 Å². The first-order valence-electron chi connectivity index (χ1n) is 10.1. The minimum atomic E-state index is -0.836. The van der Waals surface area contributed by atoms with Crippen molar-refractivity contribution in [2.75, 3.05) is 13.1 Å². The van der Waals surface area contributed by atoms with E-state index in [9.17, 15) is 9.59 Å². The van der Waals surface area contributed by atoms with Crippen LogP contribution >= 0.6 is 0 Å². The summed E-state index contributed by atoms with van der Waals surface area (Å²) in [5.41, 5.74) is 3.48. The van der Waals surface area contributed by atoms with Gasteiger partial charge in [0.2, 0.25) is 0 Å². The highest BCUT2D eigenvalue weighted by molar-refractivity contribution is 5.93. The SMILES string of the molecule is Cc1cc(C(=O)OC(C)C(=O)N2CC(C)OC(C)C2)c(C)n1Cc1ccccc1. The van der Waals surface area contributed by atoms with Gasteiger partial charge in [0.25, 0.3) is 5.91 Å². The molecule has 1 saturated heterocycles. The van der Waals surface area contributed by atoms with Crippen molar-refractivity contribution in [1.82, 2.24) is 9.47 Å². The highest BCUT2D eigenvalue weighted by Gasteiger charge is 2.31. The summed E-state index contributed by atoms with van der Waals surface area (Å²) in [6.07, 6.45) is -0.887. The van der Waals surface area contributed by atoms with Gasteiger partial charge in [-0.1, -0.05) is 30.3 Å². The number of ether oxygens (including phenoxy) is 2. The molecule has 1 amide bonds. The maximum atomic E-state index is 12.8. The Kier molecular flexibility index (Phi) is 6.42. The molecule has 1 aromatic carbocycles. The number of carbonyl (C=O) groups is 2. The van der Waals surface area contributed by atoms with Crippen LogP contribution in [0.4, 0.5) is 0 Å². The number of hydrogen-bond acceptors (Lipinski definition) is 4. The molecule has 29 heavy (non-hydrogen) atoms. The lowest BCUT2D eigenvalue weighted by atomic mass is 10.2. The Morgan fingerprint density at radius 2 is 1.76 bits per heavy atom. The van der Waals surface area contributed by atoms with Gasteiger partial charge in [0, 0.05) is 31.0 Å². The third-order valence-corrected chi connectivity index (χ3v) is 5.34. The minimum absolute atomic E-state index is 0.0254. The van der Waals surface area contributed by atoms with E-state index in [0.29, 0.717) is 25.2 Å². The second kappa shape index (κ2) is 8.82. The molecule has 0 N–H and O–H groups in total. The molecule has 1 aliphatic heterocycles. The van der Waals surface area contributed by atoms with E-state index in [-0.39, 0.29) is 18.1 Å². The first kappa shape index (κ1) is 21.1. The van der Waals surface area contributed by atoms with Gasteiger partial charge in [0.15, 0.2) is 6.10 Å². The zero-order valence-electron chi connectivity index (χ0n) is 17.8. The van der Waals surface area contributed by atoms with Crippen LogP contribution in [0.1, 0.15) is 48.1 Å². The molecule has 3 atom stereocenters. The third kappa shape index (κ3) is 4.88. The monoisotopic (exact) mass is 398 g/mol. The van der Waals surface area contributed by atoms with Crippen LogP contribution in [0.3, 0.4) is 0 Å². The lowest BCUT2D eigenvalue weighted by Gasteiger charge is -2.36. The number of hydrogen-bond donors (Lipinski definition) is 0. The number of carbonyl (C=O) groups excluding carboxylic acids is 2. The molecule has 1 fully saturated rings. The van der Waals surface area contributed by atoms with Crippen molar-refractivity contribution in [3.8, 4) is 0 Å². The topological polar surface area (TPSA) is 60.8 Å². The number of amides is 1. The van der Waals surface area contributed by atoms with Crippen molar-refractivity contribution >= 4 is 11.9 Å². The largest absolute Gasteiger partial charge is 0.449 e. The van der Waals surface area contributed by atoms with E-state index in [1.165, 1.54) is 0 Å². The number of aryl methyl sites for hydroxylation is 1. The average Bonchev–Trinajstić information content (AvgIpc) is 2.95. The van der Waals surface area contributed by atoms with Crippen molar-refractivity contribution in [3.05, 3.63) is 58.9 Å². The molecule has 0 radical (unpaired) electrons. The summed E-state index contributed by atoms with van der Waals surface area (Å²) in [6, 6.07) is 11.9. The number of benzene rings is 1. The second-order valence-electron chi connectivity index (χ2n) is 7.90. The zero-order chi connectivity index (χ0) is 21.1. The number of morpholine rings is 1. The molecule has 0 spiro atoms. The van der Waals surface area contributed by atoms with Crippen molar-refractivity contribution in [3.63, 3.8) is 0 Å². The van der Waals surface area contributed by atoms with Crippen molar-refractivity contribution in [2.24, 2.45) is 0 Å². The summed E-state index contributed by atoms with van der Waals surface area (Å²) in [7, 11) is 0. The molecular formula is C23H30N2O4. The maximum absolute atomic E-state index is 12.8. The summed E-state index contributed by atoms with van der Waals surface area (Å²) >= 11 is 0. The number of rotatable bonds is 5. The molecule has 3 unspecified atom stereocenters. The molecule has 6 heteroatoms. The van der Waals surface area contributed by atoms with E-state index < -0.39 is 12.1 Å². The predicted octanol–water partition coefficient (Wildman–Crippen LogP) is 3.33. The molecule has 2 heterocycles. The summed E-state index contributed by atoms with van der Waals surface area (Å²) < 4.78 is 13.3. The van der Waals surface area contributed by atoms with Crippen LogP contribution in [-0.2, 0) is 20.8 Å². The number of nitrogens with zero attached hydrogens (tertiary/aromatic N) is 2. The summed E-state index contributed by atoms with van der Waals surface area (Å²) in [5, 5.41) is 0. The van der Waals surface area contributed by atoms with E-state index in [1.807, 2.05) is 52.0 Å². The lowest BCUT2D eigenvalue weighted by molar-refractivity contribution is -0.151. The van der Waals surface area contributed by atoms with Crippen LogP contribution in [0.15, 0.2) is 36.4 Å². The minimum Gasteiger partial charge on any atom is -0.449 e. The first-order valence-corrected chi connectivity index (χ1v) is 10.1. The Morgan fingerprint density at radius 3 is 2.38 bits per heavy atom. The highest BCUT2D eigenvalue weighted by atomic mass is 16.5. The molecule has 3 rings (SSSR count). The normalized spacial score (nSPS) is 20.4. The van der Waals surface area contributed by atoms with Gasteiger partial charge in [-0.05, 0) is 46.2 Å². The van der Waals surface area contributed by atoms with Crippen LogP contribution < -0.4 is 0 Å². The molecule has 0 bridgehead atoms. The standard InChI is InChI=1S/C23H30N2O4/c1-15-11-21(18(4)25(15)14-20-9-7-6-8-10-20)23(27)29-19(5)22(26)24-12-16(2)28-17(3)13-24/h6-11,16-17,19H,12-14H2,1-5H3.